The van der Waals surface area contributed by atoms with Gasteiger partial charge in [-0.2, -0.15) is 13.2 Å². The van der Waals surface area contributed by atoms with Gasteiger partial charge in [0.1, 0.15) is 28.2 Å². The number of halogens is 6. The molecule has 1 unspecified atom stereocenters. The van der Waals surface area contributed by atoms with Crippen molar-refractivity contribution < 1.29 is 31.5 Å². The predicted molar refractivity (Wildman–Crippen MR) is 105 cm³/mol. The van der Waals surface area contributed by atoms with E-state index < -0.39 is 58.3 Å². The summed E-state index contributed by atoms with van der Waals surface area (Å²) in [5, 5.41) is 6.85. The maximum absolute atomic E-state index is 14.8. The lowest BCUT2D eigenvalue weighted by Crippen LogP contribution is -2.53. The zero-order valence-electron chi connectivity index (χ0n) is 16.9. The molecule has 1 aromatic carbocycles. The van der Waals surface area contributed by atoms with Gasteiger partial charge in [0.2, 0.25) is 5.91 Å². The SMILES string of the molecule is O=C1NCC(C(=O)N[C@@H](c2ccc(F)c(Cl)c2F)C2CCN(C3(C(F)(F)F)CC3)CC2)N1. The van der Waals surface area contributed by atoms with E-state index in [1.54, 1.807) is 0 Å². The summed E-state index contributed by atoms with van der Waals surface area (Å²) < 4.78 is 68.9. The average Bonchev–Trinajstić information content (AvgIpc) is 3.46. The molecular formula is C20H22ClF5N4O2. The summed E-state index contributed by atoms with van der Waals surface area (Å²) in [6.45, 7) is 0.306. The van der Waals surface area contributed by atoms with Crippen LogP contribution in [0.3, 0.4) is 0 Å². The first-order chi connectivity index (χ1) is 15.0. The Morgan fingerprint density at radius 2 is 1.88 bits per heavy atom. The molecule has 2 heterocycles. The molecule has 3 fully saturated rings. The third-order valence-electron chi connectivity index (χ3n) is 6.65. The highest BCUT2D eigenvalue weighted by molar-refractivity contribution is 6.31. The fourth-order valence-corrected chi connectivity index (χ4v) is 4.83. The highest BCUT2D eigenvalue weighted by atomic mass is 35.5. The van der Waals surface area contributed by atoms with Gasteiger partial charge in [-0.3, -0.25) is 9.69 Å². The topological polar surface area (TPSA) is 73.5 Å². The van der Waals surface area contributed by atoms with Crippen LogP contribution in [0.5, 0.6) is 0 Å². The van der Waals surface area contributed by atoms with Gasteiger partial charge in [0, 0.05) is 12.1 Å². The monoisotopic (exact) mass is 480 g/mol. The number of amides is 3. The number of alkyl halides is 3. The molecule has 6 nitrogen and oxygen atoms in total. The summed E-state index contributed by atoms with van der Waals surface area (Å²) in [7, 11) is 0. The average molecular weight is 481 g/mol. The minimum absolute atomic E-state index is 0.0383. The second kappa shape index (κ2) is 8.33. The highest BCUT2D eigenvalue weighted by Crippen LogP contribution is 2.54. The van der Waals surface area contributed by atoms with Crippen molar-refractivity contribution >= 4 is 23.5 Å². The molecule has 2 aliphatic heterocycles. The molecule has 1 saturated carbocycles. The molecule has 1 aromatic rings. The number of carbonyl (C=O) groups excluding carboxylic acids is 2. The normalized spacial score (nSPS) is 24.6. The van der Waals surface area contributed by atoms with Gasteiger partial charge in [0.25, 0.3) is 0 Å². The van der Waals surface area contributed by atoms with E-state index in [4.69, 9.17) is 11.6 Å². The van der Waals surface area contributed by atoms with Crippen molar-refractivity contribution in [2.24, 2.45) is 5.92 Å². The molecule has 3 aliphatic rings. The van der Waals surface area contributed by atoms with E-state index in [1.807, 2.05) is 0 Å². The quantitative estimate of drug-likeness (QED) is 0.447. The van der Waals surface area contributed by atoms with Crippen molar-refractivity contribution in [3.63, 3.8) is 0 Å². The van der Waals surface area contributed by atoms with Crippen LogP contribution in [-0.2, 0) is 4.79 Å². The standard InChI is InChI=1S/C20H22ClF5N4O2/c21-14-12(22)2-1-11(15(14)23)16(29-17(31)13-9-27-18(32)28-13)10-3-7-30(8-4-10)19(5-6-19)20(24,25)26/h1-2,10,13,16H,3-9H2,(H,29,31)(H2,27,28,32)/t13?,16-/m1/s1. The molecule has 32 heavy (non-hydrogen) atoms. The predicted octanol–water partition coefficient (Wildman–Crippen LogP) is 3.26. The Morgan fingerprint density at radius 3 is 2.41 bits per heavy atom. The van der Waals surface area contributed by atoms with Crippen molar-refractivity contribution in [2.75, 3.05) is 19.6 Å². The zero-order chi connectivity index (χ0) is 23.3. The van der Waals surface area contributed by atoms with Crippen molar-refractivity contribution in [1.29, 1.82) is 0 Å². The van der Waals surface area contributed by atoms with E-state index in [2.05, 4.69) is 16.0 Å². The molecule has 3 amide bonds. The number of rotatable bonds is 5. The number of nitrogens with one attached hydrogen (secondary N) is 3. The fourth-order valence-electron chi connectivity index (χ4n) is 4.66. The van der Waals surface area contributed by atoms with E-state index in [0.29, 0.717) is 0 Å². The summed E-state index contributed by atoms with van der Waals surface area (Å²) in [6.07, 6.45) is -3.67. The third kappa shape index (κ3) is 4.12. The molecule has 176 valence electrons. The van der Waals surface area contributed by atoms with Crippen LogP contribution in [0, 0.1) is 17.6 Å². The molecule has 0 spiro atoms. The smallest absolute Gasteiger partial charge is 0.347 e. The van der Waals surface area contributed by atoms with Gasteiger partial charge in [0.05, 0.1) is 6.04 Å². The van der Waals surface area contributed by atoms with Crippen molar-refractivity contribution in [3.8, 4) is 0 Å². The van der Waals surface area contributed by atoms with E-state index >= 15 is 0 Å². The number of carbonyl (C=O) groups is 2. The minimum atomic E-state index is -4.32. The van der Waals surface area contributed by atoms with Crippen LogP contribution in [0.15, 0.2) is 12.1 Å². The summed E-state index contributed by atoms with van der Waals surface area (Å²) in [4.78, 5) is 25.5. The fraction of sp³-hybridized carbons (Fsp3) is 0.600. The number of piperidine rings is 1. The van der Waals surface area contributed by atoms with Crippen LogP contribution in [0.1, 0.15) is 37.3 Å². The molecule has 3 N–H and O–H groups in total. The van der Waals surface area contributed by atoms with Crippen LogP contribution in [0.4, 0.5) is 26.7 Å². The van der Waals surface area contributed by atoms with Crippen LogP contribution in [-0.4, -0.2) is 54.2 Å². The first-order valence-corrected chi connectivity index (χ1v) is 10.7. The maximum atomic E-state index is 14.8. The van der Waals surface area contributed by atoms with E-state index in [9.17, 15) is 31.5 Å². The lowest BCUT2D eigenvalue weighted by Gasteiger charge is -2.41. The first-order valence-electron chi connectivity index (χ1n) is 10.3. The summed E-state index contributed by atoms with van der Waals surface area (Å²) in [5.74, 6) is -2.97. The van der Waals surface area contributed by atoms with Crippen molar-refractivity contribution in [1.82, 2.24) is 20.9 Å². The summed E-state index contributed by atoms with van der Waals surface area (Å²) >= 11 is 5.73. The van der Waals surface area contributed by atoms with Gasteiger partial charge >= 0.3 is 12.2 Å². The number of urea groups is 1. The number of nitrogens with zero attached hydrogens (tertiary/aromatic N) is 1. The van der Waals surface area contributed by atoms with Gasteiger partial charge in [0.15, 0.2) is 0 Å². The van der Waals surface area contributed by atoms with Gasteiger partial charge in [-0.05, 0) is 50.8 Å². The minimum Gasteiger partial charge on any atom is -0.347 e. The lowest BCUT2D eigenvalue weighted by atomic mass is 9.84. The molecule has 4 rings (SSSR count). The Kier molecular flexibility index (Phi) is 6.00. The van der Waals surface area contributed by atoms with Gasteiger partial charge in [-0.1, -0.05) is 17.7 Å². The summed E-state index contributed by atoms with van der Waals surface area (Å²) in [6, 6.07) is -0.188. The summed E-state index contributed by atoms with van der Waals surface area (Å²) in [5.41, 5.74) is -1.83. The number of hydrogen-bond acceptors (Lipinski definition) is 3. The van der Waals surface area contributed by atoms with E-state index in [0.717, 1.165) is 6.07 Å². The van der Waals surface area contributed by atoms with Crippen LogP contribution >= 0.6 is 11.6 Å². The second-order valence-electron chi connectivity index (χ2n) is 8.51. The molecule has 1 aliphatic carbocycles. The first kappa shape index (κ1) is 23.0. The largest absolute Gasteiger partial charge is 0.406 e. The van der Waals surface area contributed by atoms with Crippen LogP contribution in [0.25, 0.3) is 0 Å². The van der Waals surface area contributed by atoms with Crippen LogP contribution in [0.2, 0.25) is 5.02 Å². The Labute approximate surface area is 185 Å². The van der Waals surface area contributed by atoms with Gasteiger partial charge in [-0.25, -0.2) is 13.6 Å². The van der Waals surface area contributed by atoms with Crippen molar-refractivity contribution in [3.05, 3.63) is 34.4 Å². The molecule has 12 heteroatoms. The van der Waals surface area contributed by atoms with E-state index in [1.165, 1.54) is 11.0 Å². The Bertz CT molecular complexity index is 916. The molecule has 0 bridgehead atoms. The Morgan fingerprint density at radius 1 is 1.22 bits per heavy atom. The number of likely N-dealkylation sites (tertiary alicyclic amines) is 1. The molecule has 0 aromatic heterocycles. The zero-order valence-corrected chi connectivity index (χ0v) is 17.6. The molecular weight excluding hydrogens is 459 g/mol. The molecule has 2 atom stereocenters. The molecule has 0 radical (unpaired) electrons. The highest BCUT2D eigenvalue weighted by Gasteiger charge is 2.66. The third-order valence-corrected chi connectivity index (χ3v) is 7.00. The molecule has 2 saturated heterocycles. The van der Waals surface area contributed by atoms with E-state index in [-0.39, 0.29) is 50.9 Å². The maximum Gasteiger partial charge on any atom is 0.406 e. The van der Waals surface area contributed by atoms with Crippen LogP contribution < -0.4 is 16.0 Å². The number of benzene rings is 1. The lowest BCUT2D eigenvalue weighted by molar-refractivity contribution is -0.200. The number of hydrogen-bond donors (Lipinski definition) is 3. The van der Waals surface area contributed by atoms with Crippen molar-refractivity contribution in [2.45, 2.75) is 49.5 Å². The second-order valence-corrected chi connectivity index (χ2v) is 8.89. The van der Waals surface area contributed by atoms with Gasteiger partial charge < -0.3 is 16.0 Å². The Hall–Kier alpha value is -2.14. The van der Waals surface area contributed by atoms with Gasteiger partial charge in [-0.15, -0.1) is 0 Å². The Balaban J connectivity index is 1.54.